The lowest BCUT2D eigenvalue weighted by molar-refractivity contribution is 0.297. The van der Waals surface area contributed by atoms with Crippen LogP contribution in [-0.2, 0) is 6.54 Å². The van der Waals surface area contributed by atoms with Crippen molar-refractivity contribution < 1.29 is 4.74 Å². The second-order valence-corrected chi connectivity index (χ2v) is 4.35. The molecular weight excluding hydrogens is 228 g/mol. The summed E-state index contributed by atoms with van der Waals surface area (Å²) in [5.41, 5.74) is 8.00. The van der Waals surface area contributed by atoms with E-state index in [2.05, 4.69) is 36.3 Å². The van der Waals surface area contributed by atoms with Crippen LogP contribution in [0, 0.1) is 13.8 Å². The minimum Gasteiger partial charge on any atom is -0.494 e. The summed E-state index contributed by atoms with van der Waals surface area (Å²) in [6.07, 6.45) is 2.59. The largest absolute Gasteiger partial charge is 0.494 e. The van der Waals surface area contributed by atoms with E-state index in [1.54, 1.807) is 10.9 Å². The van der Waals surface area contributed by atoms with Gasteiger partial charge in [-0.1, -0.05) is 11.3 Å². The van der Waals surface area contributed by atoms with Crippen molar-refractivity contribution >= 4 is 5.82 Å². The molecule has 0 fully saturated rings. The Labute approximate surface area is 107 Å². The average Bonchev–Trinajstić information content (AvgIpc) is 2.75. The maximum atomic E-state index is 5.68. The van der Waals surface area contributed by atoms with Gasteiger partial charge >= 0.3 is 0 Å². The van der Waals surface area contributed by atoms with E-state index in [-0.39, 0.29) is 0 Å². The van der Waals surface area contributed by atoms with E-state index in [1.165, 1.54) is 11.1 Å². The summed E-state index contributed by atoms with van der Waals surface area (Å²) < 4.78 is 7.40. The lowest BCUT2D eigenvalue weighted by atomic mass is 10.1. The number of nitrogens with two attached hydrogens (primary N) is 1. The predicted octanol–water partition coefficient (Wildman–Crippen LogP) is 1.95. The van der Waals surface area contributed by atoms with Crippen molar-refractivity contribution in [1.82, 2.24) is 15.0 Å². The summed E-state index contributed by atoms with van der Waals surface area (Å²) in [6.45, 7) is 5.59. The van der Waals surface area contributed by atoms with Gasteiger partial charge in [0.05, 0.1) is 12.8 Å². The van der Waals surface area contributed by atoms with Crippen molar-refractivity contribution in [3.8, 4) is 5.75 Å². The molecule has 5 heteroatoms. The maximum Gasteiger partial charge on any atom is 0.165 e. The number of aryl methyl sites for hydroxylation is 3. The van der Waals surface area contributed by atoms with Crippen molar-refractivity contribution in [2.75, 3.05) is 12.3 Å². The highest BCUT2D eigenvalue weighted by Crippen LogP contribution is 2.16. The fourth-order valence-corrected chi connectivity index (χ4v) is 1.64. The van der Waals surface area contributed by atoms with Gasteiger partial charge in [0.2, 0.25) is 0 Å². The van der Waals surface area contributed by atoms with Gasteiger partial charge in [-0.3, -0.25) is 4.68 Å². The molecule has 0 radical (unpaired) electrons. The van der Waals surface area contributed by atoms with Crippen LogP contribution in [0.1, 0.15) is 17.5 Å². The molecule has 0 saturated heterocycles. The van der Waals surface area contributed by atoms with E-state index in [0.29, 0.717) is 12.4 Å². The van der Waals surface area contributed by atoms with E-state index in [0.717, 1.165) is 18.7 Å². The zero-order valence-corrected chi connectivity index (χ0v) is 10.8. The number of aromatic nitrogens is 3. The SMILES string of the molecule is Cc1ccc(OCCCn2cc(N)nn2)cc1C. The highest BCUT2D eigenvalue weighted by atomic mass is 16.5. The fraction of sp³-hybridized carbons (Fsp3) is 0.385. The van der Waals surface area contributed by atoms with Gasteiger partial charge in [0.1, 0.15) is 5.75 Å². The van der Waals surface area contributed by atoms with E-state index >= 15 is 0 Å². The summed E-state index contributed by atoms with van der Waals surface area (Å²) in [7, 11) is 0. The van der Waals surface area contributed by atoms with Gasteiger partial charge in [0.25, 0.3) is 0 Å². The van der Waals surface area contributed by atoms with Crippen molar-refractivity contribution in [3.63, 3.8) is 0 Å². The zero-order valence-electron chi connectivity index (χ0n) is 10.8. The maximum absolute atomic E-state index is 5.68. The minimum absolute atomic E-state index is 0.449. The van der Waals surface area contributed by atoms with Crippen LogP contribution in [0.25, 0.3) is 0 Å². The lowest BCUT2D eigenvalue weighted by Crippen LogP contribution is -2.05. The number of benzene rings is 1. The monoisotopic (exact) mass is 246 g/mol. The van der Waals surface area contributed by atoms with Crippen LogP contribution in [0.15, 0.2) is 24.4 Å². The molecule has 0 aliphatic rings. The van der Waals surface area contributed by atoms with E-state index in [1.807, 2.05) is 6.07 Å². The molecule has 18 heavy (non-hydrogen) atoms. The molecule has 0 bridgehead atoms. The second kappa shape index (κ2) is 5.53. The Bertz CT molecular complexity index is 521. The van der Waals surface area contributed by atoms with Crippen LogP contribution < -0.4 is 10.5 Å². The van der Waals surface area contributed by atoms with Gasteiger partial charge in [0.15, 0.2) is 5.82 Å². The van der Waals surface area contributed by atoms with Gasteiger partial charge in [-0.2, -0.15) is 0 Å². The molecule has 0 unspecified atom stereocenters. The number of hydrogen-bond acceptors (Lipinski definition) is 4. The first-order valence-corrected chi connectivity index (χ1v) is 6.01. The smallest absolute Gasteiger partial charge is 0.165 e. The molecule has 0 spiro atoms. The molecule has 2 N–H and O–H groups in total. The fourth-order valence-electron chi connectivity index (χ4n) is 1.64. The predicted molar refractivity (Wildman–Crippen MR) is 70.5 cm³/mol. The van der Waals surface area contributed by atoms with Gasteiger partial charge in [-0.25, -0.2) is 0 Å². The molecule has 0 saturated carbocycles. The van der Waals surface area contributed by atoms with E-state index in [9.17, 15) is 0 Å². The summed E-state index contributed by atoms with van der Waals surface area (Å²) >= 11 is 0. The molecule has 0 atom stereocenters. The molecule has 2 rings (SSSR count). The van der Waals surface area contributed by atoms with Crippen LogP contribution in [0.3, 0.4) is 0 Å². The van der Waals surface area contributed by atoms with Crippen LogP contribution in [0.2, 0.25) is 0 Å². The Morgan fingerprint density at radius 3 is 2.78 bits per heavy atom. The summed E-state index contributed by atoms with van der Waals surface area (Å²) in [4.78, 5) is 0. The summed E-state index contributed by atoms with van der Waals surface area (Å²) in [6, 6.07) is 6.13. The number of nitrogens with zero attached hydrogens (tertiary/aromatic N) is 3. The highest BCUT2D eigenvalue weighted by molar-refractivity contribution is 5.33. The number of rotatable bonds is 5. The first-order chi connectivity index (χ1) is 8.65. The molecule has 2 aromatic rings. The van der Waals surface area contributed by atoms with Gasteiger partial charge in [0, 0.05) is 13.0 Å². The third-order valence-corrected chi connectivity index (χ3v) is 2.84. The Morgan fingerprint density at radius 1 is 1.28 bits per heavy atom. The summed E-state index contributed by atoms with van der Waals surface area (Å²) in [5, 5.41) is 7.60. The van der Waals surface area contributed by atoms with Gasteiger partial charge < -0.3 is 10.5 Å². The van der Waals surface area contributed by atoms with Crippen LogP contribution >= 0.6 is 0 Å². The number of ether oxygens (including phenoxy) is 1. The molecular formula is C13H18N4O. The minimum atomic E-state index is 0.449. The topological polar surface area (TPSA) is 66.0 Å². The van der Waals surface area contributed by atoms with Gasteiger partial charge in [-0.15, -0.1) is 5.10 Å². The Balaban J connectivity index is 1.76. The van der Waals surface area contributed by atoms with Crippen LogP contribution in [0.5, 0.6) is 5.75 Å². The van der Waals surface area contributed by atoms with E-state index in [4.69, 9.17) is 10.5 Å². The first kappa shape index (κ1) is 12.4. The first-order valence-electron chi connectivity index (χ1n) is 6.01. The second-order valence-electron chi connectivity index (χ2n) is 4.35. The number of hydrogen-bond donors (Lipinski definition) is 1. The molecule has 0 aliphatic carbocycles. The molecule has 96 valence electrons. The summed E-state index contributed by atoms with van der Waals surface area (Å²) in [5.74, 6) is 1.36. The molecule has 1 aromatic heterocycles. The van der Waals surface area contributed by atoms with Crippen molar-refractivity contribution in [2.45, 2.75) is 26.8 Å². The van der Waals surface area contributed by atoms with Gasteiger partial charge in [-0.05, 0) is 37.1 Å². The molecule has 1 heterocycles. The number of nitrogen functional groups attached to an aromatic ring is 1. The van der Waals surface area contributed by atoms with Crippen molar-refractivity contribution in [3.05, 3.63) is 35.5 Å². The van der Waals surface area contributed by atoms with Crippen LogP contribution in [-0.4, -0.2) is 21.6 Å². The molecule has 5 nitrogen and oxygen atoms in total. The Kier molecular flexibility index (Phi) is 3.82. The standard InChI is InChI=1S/C13H18N4O/c1-10-4-5-12(8-11(10)2)18-7-3-6-17-9-13(14)15-16-17/h4-5,8-9H,3,6-7,14H2,1-2H3. The molecule has 0 amide bonds. The molecule has 1 aromatic carbocycles. The molecule has 0 aliphatic heterocycles. The third-order valence-electron chi connectivity index (χ3n) is 2.84. The van der Waals surface area contributed by atoms with Crippen molar-refractivity contribution in [2.24, 2.45) is 0 Å². The Hall–Kier alpha value is -2.04. The third kappa shape index (κ3) is 3.23. The normalized spacial score (nSPS) is 10.6. The van der Waals surface area contributed by atoms with Crippen LogP contribution in [0.4, 0.5) is 5.82 Å². The van der Waals surface area contributed by atoms with Crippen molar-refractivity contribution in [1.29, 1.82) is 0 Å². The van der Waals surface area contributed by atoms with E-state index < -0.39 is 0 Å². The average molecular weight is 246 g/mol. The highest BCUT2D eigenvalue weighted by Gasteiger charge is 1.99. The quantitative estimate of drug-likeness (QED) is 0.819. The zero-order chi connectivity index (χ0) is 13.0. The number of anilines is 1. The lowest BCUT2D eigenvalue weighted by Gasteiger charge is -2.08. The Morgan fingerprint density at radius 2 is 2.11 bits per heavy atom.